The molecule has 0 atom stereocenters. The molecule has 4 rings (SSSR count). The molecule has 3 aromatic rings. The van der Waals surface area contributed by atoms with Crippen molar-refractivity contribution in [1.29, 1.82) is 0 Å². The minimum atomic E-state index is -0.0945. The zero-order chi connectivity index (χ0) is 22.5. The molecule has 2 aromatic carbocycles. The summed E-state index contributed by atoms with van der Waals surface area (Å²) < 4.78 is 7.36. The molecular formula is C25H31N5O2. The van der Waals surface area contributed by atoms with Crippen molar-refractivity contribution in [1.82, 2.24) is 25.0 Å². The second-order valence-corrected chi connectivity index (χ2v) is 8.37. The molecule has 1 amide bonds. The molecule has 1 N–H and O–H groups in total. The van der Waals surface area contributed by atoms with Crippen molar-refractivity contribution in [3.63, 3.8) is 0 Å². The summed E-state index contributed by atoms with van der Waals surface area (Å²) >= 11 is 0. The predicted molar refractivity (Wildman–Crippen MR) is 124 cm³/mol. The molecule has 0 saturated heterocycles. The number of benzene rings is 2. The highest BCUT2D eigenvalue weighted by molar-refractivity contribution is 5.94. The molecule has 0 bridgehead atoms. The van der Waals surface area contributed by atoms with Crippen LogP contribution in [0.2, 0.25) is 0 Å². The van der Waals surface area contributed by atoms with Crippen LogP contribution in [0.15, 0.2) is 42.5 Å². The molecule has 7 nitrogen and oxygen atoms in total. The number of amides is 1. The Bertz CT molecular complexity index is 1070. The number of fused-ring (bicyclic) bond motifs is 1. The number of rotatable bonds is 7. The number of aromatic nitrogens is 3. The quantitative estimate of drug-likeness (QED) is 0.620. The highest BCUT2D eigenvalue weighted by Gasteiger charge is 2.19. The van der Waals surface area contributed by atoms with Crippen LogP contribution in [0.5, 0.6) is 5.75 Å². The summed E-state index contributed by atoms with van der Waals surface area (Å²) in [6.45, 7) is 8.61. The molecule has 0 spiro atoms. The van der Waals surface area contributed by atoms with Gasteiger partial charge in [0.2, 0.25) is 0 Å². The smallest absolute Gasteiger partial charge is 0.251 e. The number of nitrogens with one attached hydrogen (secondary N) is 1. The summed E-state index contributed by atoms with van der Waals surface area (Å²) in [4.78, 5) is 14.9. The third kappa shape index (κ3) is 5.16. The second-order valence-electron chi connectivity index (χ2n) is 8.37. The number of hydrogen-bond acceptors (Lipinski definition) is 5. The van der Waals surface area contributed by atoms with Crippen molar-refractivity contribution in [3.8, 4) is 5.75 Å². The van der Waals surface area contributed by atoms with Crippen LogP contribution in [-0.4, -0.2) is 52.3 Å². The van der Waals surface area contributed by atoms with Gasteiger partial charge < -0.3 is 14.6 Å². The number of nitrogens with zero attached hydrogens (tertiary/aromatic N) is 4. The standard InChI is InChI=1S/C25H31N5O2/c1-18-4-5-21(19(2)16-18)17-29-13-11-24-28-27-23(30(24)15-14-29)10-12-26-25(31)20-6-8-22(32-3)9-7-20/h4-9,16H,10-15,17H2,1-3H3,(H,26,31). The zero-order valence-electron chi connectivity index (χ0n) is 19.1. The normalized spacial score (nSPS) is 14.0. The summed E-state index contributed by atoms with van der Waals surface area (Å²) in [6, 6.07) is 13.8. The summed E-state index contributed by atoms with van der Waals surface area (Å²) in [7, 11) is 1.61. The van der Waals surface area contributed by atoms with Crippen molar-refractivity contribution in [2.45, 2.75) is 39.8 Å². The maximum Gasteiger partial charge on any atom is 0.251 e. The summed E-state index contributed by atoms with van der Waals surface area (Å²) in [5, 5.41) is 11.8. The lowest BCUT2D eigenvalue weighted by molar-refractivity contribution is 0.0954. The Labute approximate surface area is 189 Å². The average Bonchev–Trinajstić information content (AvgIpc) is 3.07. The first-order valence-corrected chi connectivity index (χ1v) is 11.1. The van der Waals surface area contributed by atoms with E-state index in [4.69, 9.17) is 4.74 Å². The molecule has 0 unspecified atom stereocenters. The Hall–Kier alpha value is -3.19. The van der Waals surface area contributed by atoms with Crippen LogP contribution >= 0.6 is 0 Å². The average molecular weight is 434 g/mol. The van der Waals surface area contributed by atoms with Crippen LogP contribution in [0.3, 0.4) is 0 Å². The molecule has 0 radical (unpaired) electrons. The number of ether oxygens (including phenoxy) is 1. The fourth-order valence-corrected chi connectivity index (χ4v) is 4.17. The number of aryl methyl sites for hydroxylation is 2. The van der Waals surface area contributed by atoms with Crippen LogP contribution in [0, 0.1) is 13.8 Å². The van der Waals surface area contributed by atoms with Gasteiger partial charge in [0.1, 0.15) is 17.4 Å². The molecule has 1 aliphatic rings. The van der Waals surface area contributed by atoms with Gasteiger partial charge in [0.05, 0.1) is 7.11 Å². The minimum Gasteiger partial charge on any atom is -0.497 e. The first kappa shape index (κ1) is 22.0. The van der Waals surface area contributed by atoms with E-state index in [1.807, 2.05) is 0 Å². The van der Waals surface area contributed by atoms with Crippen molar-refractivity contribution in [2.75, 3.05) is 26.7 Å². The molecule has 0 aliphatic carbocycles. The third-order valence-electron chi connectivity index (χ3n) is 6.07. The van der Waals surface area contributed by atoms with Crippen LogP contribution in [0.4, 0.5) is 0 Å². The van der Waals surface area contributed by atoms with Gasteiger partial charge >= 0.3 is 0 Å². The summed E-state index contributed by atoms with van der Waals surface area (Å²) in [5.74, 6) is 2.61. The van der Waals surface area contributed by atoms with E-state index in [1.54, 1.807) is 31.4 Å². The van der Waals surface area contributed by atoms with E-state index >= 15 is 0 Å². The monoisotopic (exact) mass is 433 g/mol. The maximum absolute atomic E-state index is 12.4. The fraction of sp³-hybridized carbons (Fsp3) is 0.400. The van der Waals surface area contributed by atoms with E-state index in [9.17, 15) is 4.79 Å². The molecule has 0 fully saturated rings. The SMILES string of the molecule is COc1ccc(C(=O)NCCc2nnc3n2CCN(Cc2ccc(C)cc2C)CC3)cc1. The zero-order valence-corrected chi connectivity index (χ0v) is 19.1. The second kappa shape index (κ2) is 9.96. The van der Waals surface area contributed by atoms with Crippen LogP contribution in [-0.2, 0) is 25.9 Å². The van der Waals surface area contributed by atoms with Crippen LogP contribution in [0.25, 0.3) is 0 Å². The van der Waals surface area contributed by atoms with Gasteiger partial charge in [0, 0.05) is 51.1 Å². The molecule has 7 heteroatoms. The van der Waals surface area contributed by atoms with E-state index in [2.05, 4.69) is 57.0 Å². The van der Waals surface area contributed by atoms with Gasteiger partial charge in [-0.1, -0.05) is 23.8 Å². The maximum atomic E-state index is 12.4. The van der Waals surface area contributed by atoms with Crippen molar-refractivity contribution >= 4 is 5.91 Å². The number of carbonyl (C=O) groups is 1. The number of methoxy groups -OCH3 is 1. The lowest BCUT2D eigenvalue weighted by Crippen LogP contribution is -2.28. The fourth-order valence-electron chi connectivity index (χ4n) is 4.17. The Morgan fingerprint density at radius 1 is 1.06 bits per heavy atom. The van der Waals surface area contributed by atoms with Gasteiger partial charge in [-0.15, -0.1) is 10.2 Å². The largest absolute Gasteiger partial charge is 0.497 e. The minimum absolute atomic E-state index is 0.0945. The van der Waals surface area contributed by atoms with Gasteiger partial charge in [0.15, 0.2) is 0 Å². The molecule has 168 valence electrons. The van der Waals surface area contributed by atoms with Gasteiger partial charge in [-0.25, -0.2) is 0 Å². The predicted octanol–water partition coefficient (Wildman–Crippen LogP) is 2.93. The Balaban J connectivity index is 1.31. The van der Waals surface area contributed by atoms with Crippen molar-refractivity contribution in [2.24, 2.45) is 0 Å². The highest BCUT2D eigenvalue weighted by atomic mass is 16.5. The van der Waals surface area contributed by atoms with Crippen LogP contribution in [0.1, 0.15) is 38.7 Å². The van der Waals surface area contributed by atoms with Gasteiger partial charge in [0.25, 0.3) is 5.91 Å². The van der Waals surface area contributed by atoms with Gasteiger partial charge in [-0.2, -0.15) is 0 Å². The molecular weight excluding hydrogens is 402 g/mol. The molecule has 0 saturated carbocycles. The first-order valence-electron chi connectivity index (χ1n) is 11.1. The van der Waals surface area contributed by atoms with E-state index in [-0.39, 0.29) is 5.91 Å². The van der Waals surface area contributed by atoms with E-state index in [0.29, 0.717) is 18.5 Å². The van der Waals surface area contributed by atoms with E-state index < -0.39 is 0 Å². The molecule has 32 heavy (non-hydrogen) atoms. The van der Waals surface area contributed by atoms with Gasteiger partial charge in [-0.05, 0) is 49.2 Å². The summed E-state index contributed by atoms with van der Waals surface area (Å²) in [6.07, 6.45) is 1.54. The number of carbonyl (C=O) groups excluding carboxylic acids is 1. The third-order valence-corrected chi connectivity index (χ3v) is 6.07. The molecule has 1 aliphatic heterocycles. The van der Waals surface area contributed by atoms with Crippen molar-refractivity contribution in [3.05, 3.63) is 76.4 Å². The van der Waals surface area contributed by atoms with Gasteiger partial charge in [-0.3, -0.25) is 9.69 Å². The summed E-state index contributed by atoms with van der Waals surface area (Å²) in [5.41, 5.74) is 4.65. The molecule has 2 heterocycles. The van der Waals surface area contributed by atoms with Crippen LogP contribution < -0.4 is 10.1 Å². The Kier molecular flexibility index (Phi) is 6.85. The van der Waals surface area contributed by atoms with E-state index in [1.165, 1.54) is 16.7 Å². The highest BCUT2D eigenvalue weighted by Crippen LogP contribution is 2.16. The lowest BCUT2D eigenvalue weighted by atomic mass is 10.1. The van der Waals surface area contributed by atoms with Crippen molar-refractivity contribution < 1.29 is 9.53 Å². The Morgan fingerprint density at radius 2 is 1.88 bits per heavy atom. The Morgan fingerprint density at radius 3 is 2.62 bits per heavy atom. The molecule has 1 aromatic heterocycles. The van der Waals surface area contributed by atoms with E-state index in [0.717, 1.165) is 50.0 Å². The first-order chi connectivity index (χ1) is 15.5. The lowest BCUT2D eigenvalue weighted by Gasteiger charge is -2.21. The number of hydrogen-bond donors (Lipinski definition) is 1. The topological polar surface area (TPSA) is 72.3 Å².